The van der Waals surface area contributed by atoms with E-state index in [0.717, 1.165) is 19.8 Å². The van der Waals surface area contributed by atoms with Crippen LogP contribution in [0.25, 0.3) is 0 Å². The van der Waals surface area contributed by atoms with E-state index in [0.29, 0.717) is 5.54 Å². The summed E-state index contributed by atoms with van der Waals surface area (Å²) in [5.41, 5.74) is 0.652. The average Bonchev–Trinajstić information content (AvgIpc) is 2.83. The second kappa shape index (κ2) is 8.24. The highest BCUT2D eigenvalue weighted by Crippen LogP contribution is 2.38. The number of nitrogens with one attached hydrogen (secondary N) is 1. The molecule has 102 valence electrons. The van der Waals surface area contributed by atoms with Gasteiger partial charge >= 0.3 is 8.72 Å². The molecule has 1 fully saturated rings. The fraction of sp³-hybridized carbons (Fsp3) is 1.00. The molecule has 0 aromatic heterocycles. The maximum Gasteiger partial charge on any atom is 0.428 e. The van der Waals surface area contributed by atoms with Crippen LogP contribution in [0.3, 0.4) is 0 Å². The Hall–Kier alpha value is 0.0969. The Morgan fingerprint density at radius 3 is 2.12 bits per heavy atom. The van der Waals surface area contributed by atoms with Gasteiger partial charge in [-0.3, -0.25) is 4.98 Å². The highest BCUT2D eigenvalue weighted by molar-refractivity contribution is 6.66. The van der Waals surface area contributed by atoms with E-state index in [9.17, 15) is 0 Å². The van der Waals surface area contributed by atoms with Crippen molar-refractivity contribution in [3.05, 3.63) is 0 Å². The van der Waals surface area contributed by atoms with Gasteiger partial charge in [0.25, 0.3) is 0 Å². The molecule has 17 heavy (non-hydrogen) atoms. The summed E-state index contributed by atoms with van der Waals surface area (Å²) < 4.78 is 12.2. The molecular formula is C13H29NO2Si. The largest absolute Gasteiger partial charge is 0.428 e. The first-order valence-electron chi connectivity index (χ1n) is 7.32. The summed E-state index contributed by atoms with van der Waals surface area (Å²) in [6.45, 7) is 8.96. The van der Waals surface area contributed by atoms with Crippen LogP contribution in [0.1, 0.15) is 59.3 Å². The highest BCUT2D eigenvalue weighted by atomic mass is 28.4. The van der Waals surface area contributed by atoms with Crippen molar-refractivity contribution >= 4 is 8.72 Å². The summed E-state index contributed by atoms with van der Waals surface area (Å²) in [4.78, 5) is 3.67. The Balaban J connectivity index is 2.62. The standard InChI is InChI=1S/C13H29NO2Si/c1-4-7-12-14-17(15-5-2,16-6-3)13-10-8-9-11-13/h13-14H,4-12H2,1-3H3. The lowest BCUT2D eigenvalue weighted by atomic mass is 10.3. The molecule has 1 aliphatic carbocycles. The molecule has 0 aromatic carbocycles. The number of hydrogen-bond donors (Lipinski definition) is 1. The van der Waals surface area contributed by atoms with Gasteiger partial charge in [-0.15, -0.1) is 0 Å². The first-order chi connectivity index (χ1) is 8.29. The molecule has 0 radical (unpaired) electrons. The number of rotatable bonds is 9. The minimum atomic E-state index is -2.15. The van der Waals surface area contributed by atoms with Crippen LogP contribution in [-0.2, 0) is 8.85 Å². The lowest BCUT2D eigenvalue weighted by molar-refractivity contribution is 0.160. The molecule has 1 saturated carbocycles. The van der Waals surface area contributed by atoms with Crippen LogP contribution >= 0.6 is 0 Å². The molecule has 4 heteroatoms. The van der Waals surface area contributed by atoms with Gasteiger partial charge in [0.05, 0.1) is 0 Å². The summed E-state index contributed by atoms with van der Waals surface area (Å²) in [6.07, 6.45) is 7.68. The molecule has 0 heterocycles. The zero-order chi connectivity index (χ0) is 12.6. The van der Waals surface area contributed by atoms with Gasteiger partial charge in [0, 0.05) is 18.8 Å². The third kappa shape index (κ3) is 4.36. The van der Waals surface area contributed by atoms with Gasteiger partial charge in [0.2, 0.25) is 0 Å². The molecule has 0 unspecified atom stereocenters. The maximum absolute atomic E-state index is 6.11. The zero-order valence-electron chi connectivity index (χ0n) is 11.8. The van der Waals surface area contributed by atoms with Crippen molar-refractivity contribution in [3.63, 3.8) is 0 Å². The summed E-state index contributed by atoms with van der Waals surface area (Å²) in [5, 5.41) is 0. The van der Waals surface area contributed by atoms with Crippen molar-refractivity contribution in [2.24, 2.45) is 0 Å². The molecule has 1 aliphatic rings. The number of unbranched alkanes of at least 4 members (excludes halogenated alkanes) is 1. The van der Waals surface area contributed by atoms with Crippen LogP contribution < -0.4 is 4.98 Å². The molecular weight excluding hydrogens is 230 g/mol. The van der Waals surface area contributed by atoms with Gasteiger partial charge in [-0.05, 0) is 39.7 Å². The number of hydrogen-bond acceptors (Lipinski definition) is 3. The second-order valence-electron chi connectivity index (χ2n) is 4.80. The molecule has 0 aromatic rings. The van der Waals surface area contributed by atoms with Crippen molar-refractivity contribution in [1.29, 1.82) is 0 Å². The summed E-state index contributed by atoms with van der Waals surface area (Å²) in [7, 11) is -2.15. The molecule has 0 saturated heterocycles. The molecule has 0 bridgehead atoms. The Kier molecular flexibility index (Phi) is 7.35. The summed E-state index contributed by atoms with van der Waals surface area (Å²) in [6, 6.07) is 0. The summed E-state index contributed by atoms with van der Waals surface area (Å²) >= 11 is 0. The minimum absolute atomic E-state index is 0.652. The normalized spacial score (nSPS) is 17.8. The van der Waals surface area contributed by atoms with E-state index in [2.05, 4.69) is 25.8 Å². The van der Waals surface area contributed by atoms with Crippen molar-refractivity contribution in [2.75, 3.05) is 19.8 Å². The van der Waals surface area contributed by atoms with Crippen LogP contribution in [0, 0.1) is 0 Å². The Morgan fingerprint density at radius 2 is 1.65 bits per heavy atom. The predicted molar refractivity (Wildman–Crippen MR) is 74.1 cm³/mol. The monoisotopic (exact) mass is 259 g/mol. The van der Waals surface area contributed by atoms with E-state index in [4.69, 9.17) is 8.85 Å². The molecule has 0 amide bonds. The second-order valence-corrected chi connectivity index (χ2v) is 7.88. The van der Waals surface area contributed by atoms with Crippen LogP contribution in [0.5, 0.6) is 0 Å². The average molecular weight is 259 g/mol. The van der Waals surface area contributed by atoms with E-state index < -0.39 is 8.72 Å². The molecule has 0 aliphatic heterocycles. The molecule has 3 nitrogen and oxygen atoms in total. The van der Waals surface area contributed by atoms with E-state index in [1.54, 1.807) is 0 Å². The fourth-order valence-corrected chi connectivity index (χ4v) is 6.30. The first-order valence-corrected chi connectivity index (χ1v) is 9.21. The van der Waals surface area contributed by atoms with E-state index >= 15 is 0 Å². The van der Waals surface area contributed by atoms with E-state index in [1.807, 2.05) is 0 Å². The lowest BCUT2D eigenvalue weighted by Crippen LogP contribution is -2.59. The Labute approximate surface area is 108 Å². The smallest absolute Gasteiger partial charge is 0.383 e. The van der Waals surface area contributed by atoms with Gasteiger partial charge in [-0.2, -0.15) is 0 Å². The first kappa shape index (κ1) is 15.2. The topological polar surface area (TPSA) is 30.5 Å². The van der Waals surface area contributed by atoms with E-state index in [-0.39, 0.29) is 0 Å². The highest BCUT2D eigenvalue weighted by Gasteiger charge is 2.47. The van der Waals surface area contributed by atoms with Crippen molar-refractivity contribution in [3.8, 4) is 0 Å². The third-order valence-electron chi connectivity index (χ3n) is 3.51. The third-order valence-corrected chi connectivity index (χ3v) is 7.34. The lowest BCUT2D eigenvalue weighted by Gasteiger charge is -2.35. The van der Waals surface area contributed by atoms with Gasteiger partial charge in [0.1, 0.15) is 0 Å². The summed E-state index contributed by atoms with van der Waals surface area (Å²) in [5.74, 6) is 0. The minimum Gasteiger partial charge on any atom is -0.383 e. The van der Waals surface area contributed by atoms with Crippen LogP contribution in [0.15, 0.2) is 0 Å². The van der Waals surface area contributed by atoms with Gasteiger partial charge in [0.15, 0.2) is 0 Å². The Bertz CT molecular complexity index is 190. The van der Waals surface area contributed by atoms with Crippen LogP contribution in [0.4, 0.5) is 0 Å². The molecule has 0 atom stereocenters. The van der Waals surface area contributed by atoms with Crippen molar-refractivity contribution < 1.29 is 8.85 Å². The van der Waals surface area contributed by atoms with Crippen molar-refractivity contribution in [1.82, 2.24) is 4.98 Å². The quantitative estimate of drug-likeness (QED) is 0.509. The SMILES string of the molecule is CCCCN[Si](OCC)(OCC)C1CCCC1. The maximum atomic E-state index is 6.11. The van der Waals surface area contributed by atoms with Crippen LogP contribution in [0.2, 0.25) is 5.54 Å². The molecule has 0 spiro atoms. The Morgan fingerprint density at radius 1 is 1.06 bits per heavy atom. The van der Waals surface area contributed by atoms with Gasteiger partial charge in [-0.25, -0.2) is 0 Å². The molecule has 1 rings (SSSR count). The van der Waals surface area contributed by atoms with Gasteiger partial charge < -0.3 is 8.85 Å². The van der Waals surface area contributed by atoms with Crippen LogP contribution in [-0.4, -0.2) is 28.5 Å². The predicted octanol–water partition coefficient (Wildman–Crippen LogP) is 3.33. The fourth-order valence-electron chi connectivity index (χ4n) is 2.70. The van der Waals surface area contributed by atoms with Crippen molar-refractivity contribution in [2.45, 2.75) is 64.8 Å². The molecule has 1 N–H and O–H groups in total. The zero-order valence-corrected chi connectivity index (χ0v) is 12.8. The van der Waals surface area contributed by atoms with E-state index in [1.165, 1.54) is 38.5 Å². The van der Waals surface area contributed by atoms with Gasteiger partial charge in [-0.1, -0.05) is 26.2 Å².